The number of hydrogen-bond donors (Lipinski definition) is 1. The van der Waals surface area contributed by atoms with Gasteiger partial charge in [-0.3, -0.25) is 0 Å². The van der Waals surface area contributed by atoms with Crippen LogP contribution < -0.4 is 5.32 Å². The van der Waals surface area contributed by atoms with Crippen LogP contribution in [-0.2, 0) is 6.54 Å². The summed E-state index contributed by atoms with van der Waals surface area (Å²) in [5.74, 6) is 0.839. The molecule has 0 radical (unpaired) electrons. The third-order valence-electron chi connectivity index (χ3n) is 5.24. The minimum atomic E-state index is -0.321. The first-order valence-electron chi connectivity index (χ1n) is 9.70. The highest BCUT2D eigenvalue weighted by Crippen LogP contribution is 2.29. The minimum Gasteiger partial charge on any atom is -0.324 e. The molecule has 0 spiro atoms. The highest BCUT2D eigenvalue weighted by atomic mass is 19.1. The largest absolute Gasteiger partial charge is 0.324 e. The van der Waals surface area contributed by atoms with E-state index in [0.29, 0.717) is 24.3 Å². The summed E-state index contributed by atoms with van der Waals surface area (Å²) in [6.07, 6.45) is 3.63. The van der Waals surface area contributed by atoms with E-state index in [-0.39, 0.29) is 17.8 Å². The maximum Gasteiger partial charge on any atom is 0.321 e. The van der Waals surface area contributed by atoms with Crippen LogP contribution in [0.15, 0.2) is 36.5 Å². The van der Waals surface area contributed by atoms with Crippen LogP contribution in [0.1, 0.15) is 37.1 Å². The smallest absolute Gasteiger partial charge is 0.321 e. The molecule has 1 atom stereocenters. The van der Waals surface area contributed by atoms with Crippen molar-refractivity contribution in [1.29, 1.82) is 0 Å². The second-order valence-corrected chi connectivity index (χ2v) is 7.29. The molecule has 0 bridgehead atoms. The summed E-state index contributed by atoms with van der Waals surface area (Å²) in [6.45, 7) is 5.92. The first kappa shape index (κ1) is 18.4. The Labute approximate surface area is 163 Å². The van der Waals surface area contributed by atoms with E-state index in [0.717, 1.165) is 36.4 Å². The number of pyridine rings is 1. The minimum absolute atomic E-state index is 0.168. The predicted molar refractivity (Wildman–Crippen MR) is 107 cm³/mol. The summed E-state index contributed by atoms with van der Waals surface area (Å²) in [5.41, 5.74) is 2.82. The van der Waals surface area contributed by atoms with Crippen molar-refractivity contribution < 1.29 is 9.18 Å². The summed E-state index contributed by atoms with van der Waals surface area (Å²) in [5, 5.41) is 2.80. The summed E-state index contributed by atoms with van der Waals surface area (Å²) in [6, 6.07) is 8.40. The number of hydrogen-bond acceptors (Lipinski definition) is 3. The SMILES string of the molecule is CCCn1c([C@@H]2CCN(C(=O)Nc3ccc(C)c(F)c3)C2)nc2cccnc21. The van der Waals surface area contributed by atoms with Gasteiger partial charge < -0.3 is 14.8 Å². The fraction of sp³-hybridized carbons (Fsp3) is 0.381. The van der Waals surface area contributed by atoms with Crippen molar-refractivity contribution in [2.45, 2.75) is 39.2 Å². The Morgan fingerprint density at radius 1 is 1.36 bits per heavy atom. The van der Waals surface area contributed by atoms with E-state index in [1.54, 1.807) is 30.2 Å². The molecule has 2 aromatic heterocycles. The van der Waals surface area contributed by atoms with Crippen LogP contribution in [0, 0.1) is 12.7 Å². The van der Waals surface area contributed by atoms with E-state index in [1.807, 2.05) is 12.1 Å². The number of carbonyl (C=O) groups is 1. The number of aryl methyl sites for hydroxylation is 2. The monoisotopic (exact) mass is 381 g/mol. The number of benzene rings is 1. The Balaban J connectivity index is 1.51. The Hall–Kier alpha value is -2.96. The molecule has 1 fully saturated rings. The van der Waals surface area contributed by atoms with Crippen LogP contribution in [0.4, 0.5) is 14.9 Å². The molecule has 1 saturated heterocycles. The molecule has 3 heterocycles. The normalized spacial score (nSPS) is 16.7. The number of halogens is 1. The second kappa shape index (κ2) is 7.58. The fourth-order valence-electron chi connectivity index (χ4n) is 3.76. The first-order chi connectivity index (χ1) is 13.6. The molecule has 0 aliphatic carbocycles. The Kier molecular flexibility index (Phi) is 4.98. The molecule has 1 aromatic carbocycles. The zero-order valence-corrected chi connectivity index (χ0v) is 16.2. The summed E-state index contributed by atoms with van der Waals surface area (Å²) in [7, 11) is 0. The maximum absolute atomic E-state index is 13.7. The van der Waals surface area contributed by atoms with Gasteiger partial charge in [0.25, 0.3) is 0 Å². The third kappa shape index (κ3) is 3.44. The Morgan fingerprint density at radius 3 is 3.00 bits per heavy atom. The highest BCUT2D eigenvalue weighted by Gasteiger charge is 2.31. The van der Waals surface area contributed by atoms with Gasteiger partial charge in [-0.05, 0) is 49.6 Å². The fourth-order valence-corrected chi connectivity index (χ4v) is 3.76. The molecule has 0 saturated carbocycles. The van der Waals surface area contributed by atoms with Gasteiger partial charge >= 0.3 is 6.03 Å². The van der Waals surface area contributed by atoms with Gasteiger partial charge in [-0.2, -0.15) is 0 Å². The van der Waals surface area contributed by atoms with Gasteiger partial charge in [0, 0.05) is 37.4 Å². The summed E-state index contributed by atoms with van der Waals surface area (Å²) >= 11 is 0. The van der Waals surface area contributed by atoms with Crippen LogP contribution in [0.2, 0.25) is 0 Å². The van der Waals surface area contributed by atoms with Gasteiger partial charge in [0.05, 0.1) is 0 Å². The molecule has 0 unspecified atom stereocenters. The van der Waals surface area contributed by atoms with Crippen molar-refractivity contribution in [3.63, 3.8) is 0 Å². The van der Waals surface area contributed by atoms with Crippen molar-refractivity contribution in [1.82, 2.24) is 19.4 Å². The van der Waals surface area contributed by atoms with E-state index < -0.39 is 0 Å². The van der Waals surface area contributed by atoms with E-state index in [9.17, 15) is 9.18 Å². The average molecular weight is 381 g/mol. The zero-order chi connectivity index (χ0) is 19.7. The van der Waals surface area contributed by atoms with Crippen LogP contribution in [0.5, 0.6) is 0 Å². The van der Waals surface area contributed by atoms with Gasteiger partial charge in [-0.1, -0.05) is 13.0 Å². The van der Waals surface area contributed by atoms with Crippen LogP contribution in [0.3, 0.4) is 0 Å². The van der Waals surface area contributed by atoms with Crippen molar-refractivity contribution >= 4 is 22.9 Å². The van der Waals surface area contributed by atoms with E-state index in [2.05, 4.69) is 21.8 Å². The van der Waals surface area contributed by atoms with Gasteiger partial charge in [0.15, 0.2) is 5.65 Å². The van der Waals surface area contributed by atoms with Crippen molar-refractivity contribution in [3.05, 3.63) is 53.7 Å². The van der Waals surface area contributed by atoms with Crippen molar-refractivity contribution in [3.8, 4) is 0 Å². The number of rotatable bonds is 4. The van der Waals surface area contributed by atoms with Crippen LogP contribution in [-0.4, -0.2) is 38.6 Å². The molecule has 1 N–H and O–H groups in total. The molecular weight excluding hydrogens is 357 g/mol. The lowest BCUT2D eigenvalue weighted by atomic mass is 10.1. The maximum atomic E-state index is 13.7. The summed E-state index contributed by atoms with van der Waals surface area (Å²) in [4.78, 5) is 23.7. The second-order valence-electron chi connectivity index (χ2n) is 7.29. The standard InChI is InChI=1S/C21H24FN5O/c1-3-10-27-19(25-18-5-4-9-23-20(18)27)15-8-11-26(13-15)21(28)24-16-7-6-14(2)17(22)12-16/h4-7,9,12,15H,3,8,10-11,13H2,1-2H3,(H,24,28)/t15-/m1/s1. The van der Waals surface area contributed by atoms with Crippen molar-refractivity contribution in [2.24, 2.45) is 0 Å². The Morgan fingerprint density at radius 2 is 2.21 bits per heavy atom. The number of urea groups is 1. The quantitative estimate of drug-likeness (QED) is 0.732. The number of anilines is 1. The molecule has 4 rings (SSSR count). The van der Waals surface area contributed by atoms with Crippen molar-refractivity contribution in [2.75, 3.05) is 18.4 Å². The van der Waals surface area contributed by atoms with Gasteiger partial charge in [-0.25, -0.2) is 19.2 Å². The van der Waals surface area contributed by atoms with Crippen LogP contribution in [0.25, 0.3) is 11.2 Å². The number of imidazole rings is 1. The number of aromatic nitrogens is 3. The summed E-state index contributed by atoms with van der Waals surface area (Å²) < 4.78 is 15.9. The van der Waals surface area contributed by atoms with Gasteiger partial charge in [-0.15, -0.1) is 0 Å². The Bertz CT molecular complexity index is 1020. The predicted octanol–water partition coefficient (Wildman–Crippen LogP) is 4.31. The van der Waals surface area contributed by atoms with Crippen LogP contribution >= 0.6 is 0 Å². The van der Waals surface area contributed by atoms with E-state index in [4.69, 9.17) is 4.98 Å². The lowest BCUT2D eigenvalue weighted by Gasteiger charge is -2.18. The molecule has 1 aliphatic rings. The van der Waals surface area contributed by atoms with E-state index >= 15 is 0 Å². The lowest BCUT2D eigenvalue weighted by molar-refractivity contribution is 0.222. The zero-order valence-electron chi connectivity index (χ0n) is 16.2. The third-order valence-corrected chi connectivity index (χ3v) is 5.24. The molecule has 7 heteroatoms. The number of amides is 2. The molecule has 28 heavy (non-hydrogen) atoms. The van der Waals surface area contributed by atoms with Gasteiger partial charge in [0.1, 0.15) is 17.2 Å². The lowest BCUT2D eigenvalue weighted by Crippen LogP contribution is -2.33. The number of likely N-dealkylation sites (tertiary alicyclic amines) is 1. The highest BCUT2D eigenvalue weighted by molar-refractivity contribution is 5.89. The average Bonchev–Trinajstić information content (AvgIpc) is 3.30. The molecule has 146 valence electrons. The number of carbonyl (C=O) groups excluding carboxylic acids is 1. The van der Waals surface area contributed by atoms with E-state index in [1.165, 1.54) is 6.07 Å². The number of fused-ring (bicyclic) bond motifs is 1. The molecule has 2 amide bonds. The molecular formula is C21H24FN5O. The number of nitrogens with zero attached hydrogens (tertiary/aromatic N) is 4. The van der Waals surface area contributed by atoms with Gasteiger partial charge in [0.2, 0.25) is 0 Å². The molecule has 6 nitrogen and oxygen atoms in total. The topological polar surface area (TPSA) is 63.1 Å². The first-order valence-corrected chi connectivity index (χ1v) is 9.70. The molecule has 1 aliphatic heterocycles. The number of nitrogens with one attached hydrogen (secondary N) is 1. The molecule has 3 aromatic rings.